The predicted molar refractivity (Wildman–Crippen MR) is 82.9 cm³/mol. The number of piperazine rings is 1. The number of nitrogens with zero attached hydrogens (tertiary/aromatic N) is 2. The number of rotatable bonds is 6. The Balaban J connectivity index is 2.09. The van der Waals surface area contributed by atoms with Gasteiger partial charge < -0.3 is 15.3 Å². The molecule has 24 heavy (non-hydrogen) atoms. The molecule has 1 unspecified atom stereocenters. The smallest absolute Gasteiger partial charge is 0.237 e. The van der Waals surface area contributed by atoms with Crippen molar-refractivity contribution in [3.63, 3.8) is 0 Å². The Morgan fingerprint density at radius 1 is 1.42 bits per heavy atom. The molecule has 132 valence electrons. The third-order valence-electron chi connectivity index (χ3n) is 4.04. The molecule has 1 aliphatic heterocycles. The van der Waals surface area contributed by atoms with Crippen LogP contribution in [0, 0.1) is 11.6 Å². The van der Waals surface area contributed by atoms with Gasteiger partial charge in [-0.3, -0.25) is 14.5 Å². The Kier molecular flexibility index (Phi) is 6.22. The van der Waals surface area contributed by atoms with Crippen LogP contribution in [0.4, 0.5) is 8.78 Å². The monoisotopic (exact) mass is 341 g/mol. The number of amides is 2. The minimum Gasteiger partial charge on any atom is -0.395 e. The van der Waals surface area contributed by atoms with Gasteiger partial charge in [-0.25, -0.2) is 8.78 Å². The molecule has 0 bridgehead atoms. The van der Waals surface area contributed by atoms with Crippen molar-refractivity contribution in [2.75, 3.05) is 33.3 Å². The van der Waals surface area contributed by atoms with E-state index < -0.39 is 17.7 Å². The summed E-state index contributed by atoms with van der Waals surface area (Å²) in [6.45, 7) is 1.21. The zero-order chi connectivity index (χ0) is 17.7. The van der Waals surface area contributed by atoms with Crippen LogP contribution in [0.5, 0.6) is 0 Å². The molecule has 1 atom stereocenters. The Hall–Kier alpha value is -2.06. The lowest BCUT2D eigenvalue weighted by Crippen LogP contribution is -2.56. The minimum absolute atomic E-state index is 0.0357. The first-order valence-corrected chi connectivity index (χ1v) is 7.73. The number of aliphatic hydroxyl groups is 1. The molecule has 1 aliphatic rings. The van der Waals surface area contributed by atoms with E-state index in [1.807, 2.05) is 0 Å². The van der Waals surface area contributed by atoms with E-state index in [0.29, 0.717) is 18.7 Å². The second-order valence-electron chi connectivity index (χ2n) is 5.77. The average molecular weight is 341 g/mol. The summed E-state index contributed by atoms with van der Waals surface area (Å²) in [6, 6.07) is 2.92. The maximum Gasteiger partial charge on any atom is 0.237 e. The van der Waals surface area contributed by atoms with E-state index in [0.717, 1.165) is 12.1 Å². The zero-order valence-corrected chi connectivity index (χ0v) is 13.5. The molecular weight excluding hydrogens is 320 g/mol. The highest BCUT2D eigenvalue weighted by atomic mass is 19.2. The van der Waals surface area contributed by atoms with E-state index in [2.05, 4.69) is 5.32 Å². The van der Waals surface area contributed by atoms with Gasteiger partial charge in [0.05, 0.1) is 19.1 Å². The summed E-state index contributed by atoms with van der Waals surface area (Å²) in [6.07, 6.45) is -0.0357. The van der Waals surface area contributed by atoms with Gasteiger partial charge in [-0.2, -0.15) is 0 Å². The summed E-state index contributed by atoms with van der Waals surface area (Å²) in [4.78, 5) is 27.4. The number of hydrogen-bond donors (Lipinski definition) is 2. The Morgan fingerprint density at radius 2 is 2.17 bits per heavy atom. The second kappa shape index (κ2) is 8.16. The number of nitrogens with one attached hydrogen (secondary N) is 1. The molecule has 2 N–H and O–H groups in total. The topological polar surface area (TPSA) is 72.9 Å². The Morgan fingerprint density at radius 3 is 2.83 bits per heavy atom. The van der Waals surface area contributed by atoms with Gasteiger partial charge in [-0.15, -0.1) is 0 Å². The highest BCUT2D eigenvalue weighted by Crippen LogP contribution is 2.16. The molecule has 1 saturated heterocycles. The minimum atomic E-state index is -0.940. The van der Waals surface area contributed by atoms with Crippen LogP contribution in [0.2, 0.25) is 0 Å². The van der Waals surface area contributed by atoms with Gasteiger partial charge in [-0.1, -0.05) is 6.07 Å². The van der Waals surface area contributed by atoms with Crippen LogP contribution >= 0.6 is 0 Å². The fourth-order valence-electron chi connectivity index (χ4n) is 2.64. The third kappa shape index (κ3) is 4.48. The number of aliphatic hydroxyl groups excluding tert-OH is 1. The number of likely N-dealkylation sites (N-methyl/N-ethyl adjacent to an activating group) is 1. The number of carbonyl (C=O) groups excluding carboxylic acids is 2. The first kappa shape index (κ1) is 18.3. The first-order chi connectivity index (χ1) is 11.4. The molecule has 0 radical (unpaired) electrons. The molecule has 0 aliphatic carbocycles. The van der Waals surface area contributed by atoms with Gasteiger partial charge in [0.15, 0.2) is 11.6 Å². The van der Waals surface area contributed by atoms with Crippen molar-refractivity contribution in [2.45, 2.75) is 19.0 Å². The van der Waals surface area contributed by atoms with Crippen molar-refractivity contribution in [2.24, 2.45) is 0 Å². The first-order valence-electron chi connectivity index (χ1n) is 7.73. The number of carbonyl (C=O) groups is 2. The van der Waals surface area contributed by atoms with Crippen molar-refractivity contribution in [3.8, 4) is 0 Å². The van der Waals surface area contributed by atoms with Crippen molar-refractivity contribution in [1.29, 1.82) is 0 Å². The van der Waals surface area contributed by atoms with E-state index in [-0.39, 0.29) is 37.9 Å². The Labute approximate surface area is 139 Å². The third-order valence-corrected chi connectivity index (χ3v) is 4.04. The van der Waals surface area contributed by atoms with E-state index in [4.69, 9.17) is 5.11 Å². The molecule has 0 saturated carbocycles. The summed E-state index contributed by atoms with van der Waals surface area (Å²) in [5, 5.41) is 11.6. The fourth-order valence-corrected chi connectivity index (χ4v) is 2.64. The molecule has 2 amide bonds. The molecule has 0 spiro atoms. The molecule has 1 fully saturated rings. The summed E-state index contributed by atoms with van der Waals surface area (Å²) in [5.74, 6) is -2.40. The van der Waals surface area contributed by atoms with Crippen molar-refractivity contribution in [3.05, 3.63) is 35.4 Å². The fraction of sp³-hybridized carbons (Fsp3) is 0.500. The maximum atomic E-state index is 13.4. The quantitative estimate of drug-likeness (QED) is 0.770. The molecule has 1 aromatic rings. The predicted octanol–water partition coefficient (Wildman–Crippen LogP) is 0.106. The lowest BCUT2D eigenvalue weighted by molar-refractivity contribution is -0.138. The van der Waals surface area contributed by atoms with E-state index in [1.165, 1.54) is 11.0 Å². The summed E-state index contributed by atoms with van der Waals surface area (Å²) < 4.78 is 26.4. The SMILES string of the molecule is CN(CCO)C(=O)CC1C(=O)NCCN1Cc1ccc(F)c(F)c1. The number of halogens is 2. The van der Waals surface area contributed by atoms with Crippen molar-refractivity contribution >= 4 is 11.8 Å². The van der Waals surface area contributed by atoms with Gasteiger partial charge in [-0.05, 0) is 17.7 Å². The average Bonchev–Trinajstić information content (AvgIpc) is 2.54. The van der Waals surface area contributed by atoms with E-state index >= 15 is 0 Å². The lowest BCUT2D eigenvalue weighted by Gasteiger charge is -2.35. The van der Waals surface area contributed by atoms with Gasteiger partial charge in [0.2, 0.25) is 11.8 Å². The van der Waals surface area contributed by atoms with E-state index in [9.17, 15) is 18.4 Å². The summed E-state index contributed by atoms with van der Waals surface area (Å²) in [7, 11) is 1.55. The van der Waals surface area contributed by atoms with Crippen LogP contribution in [-0.4, -0.2) is 66.1 Å². The number of hydrogen-bond acceptors (Lipinski definition) is 4. The number of benzene rings is 1. The van der Waals surface area contributed by atoms with Crippen LogP contribution in [0.25, 0.3) is 0 Å². The molecule has 8 heteroatoms. The largest absolute Gasteiger partial charge is 0.395 e. The molecule has 1 aromatic carbocycles. The molecule has 6 nitrogen and oxygen atoms in total. The second-order valence-corrected chi connectivity index (χ2v) is 5.77. The Bertz CT molecular complexity index is 612. The van der Waals surface area contributed by atoms with Crippen LogP contribution in [0.1, 0.15) is 12.0 Å². The van der Waals surface area contributed by atoms with Crippen LogP contribution < -0.4 is 5.32 Å². The standard InChI is InChI=1S/C16H21F2N3O3/c1-20(6-7-22)15(23)9-14-16(24)19-4-5-21(14)10-11-2-3-12(17)13(18)8-11/h2-3,8,14,22H,4-7,9-10H2,1H3,(H,19,24). The molecule has 1 heterocycles. The molecular formula is C16H21F2N3O3. The van der Waals surface area contributed by atoms with Gasteiger partial charge >= 0.3 is 0 Å². The zero-order valence-electron chi connectivity index (χ0n) is 13.5. The van der Waals surface area contributed by atoms with Crippen molar-refractivity contribution < 1.29 is 23.5 Å². The van der Waals surface area contributed by atoms with Crippen LogP contribution in [0.3, 0.4) is 0 Å². The van der Waals surface area contributed by atoms with Gasteiger partial charge in [0, 0.05) is 33.2 Å². The highest BCUT2D eigenvalue weighted by Gasteiger charge is 2.32. The highest BCUT2D eigenvalue weighted by molar-refractivity contribution is 5.88. The molecule has 0 aromatic heterocycles. The van der Waals surface area contributed by atoms with Crippen LogP contribution in [0.15, 0.2) is 18.2 Å². The van der Waals surface area contributed by atoms with Gasteiger partial charge in [0.1, 0.15) is 0 Å². The molecule has 2 rings (SSSR count). The van der Waals surface area contributed by atoms with Crippen LogP contribution in [-0.2, 0) is 16.1 Å². The maximum absolute atomic E-state index is 13.4. The van der Waals surface area contributed by atoms with Crippen molar-refractivity contribution in [1.82, 2.24) is 15.1 Å². The van der Waals surface area contributed by atoms with E-state index in [1.54, 1.807) is 11.9 Å². The van der Waals surface area contributed by atoms with Gasteiger partial charge in [0.25, 0.3) is 0 Å². The summed E-state index contributed by atoms with van der Waals surface area (Å²) in [5.41, 5.74) is 0.532. The normalized spacial score (nSPS) is 18.3. The summed E-state index contributed by atoms with van der Waals surface area (Å²) >= 11 is 0. The lowest BCUT2D eigenvalue weighted by atomic mass is 10.1.